The standard InChI is InChI=1S/C16H18FN5O2/c17-12-2-1-3-13(8-12)20-15(23)11-4-6-22(7-5-11)16(24)21-14-9-18-19-10-14/h1-3,8-11H,4-7H2,(H,18,19)(H,20,23)(H,21,24). The summed E-state index contributed by atoms with van der Waals surface area (Å²) in [4.78, 5) is 26.0. The van der Waals surface area contributed by atoms with Gasteiger partial charge in [-0.25, -0.2) is 9.18 Å². The lowest BCUT2D eigenvalue weighted by atomic mass is 9.96. The molecule has 0 saturated carbocycles. The third-order valence-corrected chi connectivity index (χ3v) is 3.99. The summed E-state index contributed by atoms with van der Waals surface area (Å²) < 4.78 is 13.1. The van der Waals surface area contributed by atoms with E-state index in [1.54, 1.807) is 23.2 Å². The largest absolute Gasteiger partial charge is 0.326 e. The van der Waals surface area contributed by atoms with E-state index in [1.807, 2.05) is 0 Å². The quantitative estimate of drug-likeness (QED) is 0.807. The average molecular weight is 331 g/mol. The number of hydrogen-bond acceptors (Lipinski definition) is 3. The van der Waals surface area contributed by atoms with Crippen molar-refractivity contribution in [2.75, 3.05) is 23.7 Å². The van der Waals surface area contributed by atoms with Gasteiger partial charge in [-0.05, 0) is 31.0 Å². The molecule has 1 saturated heterocycles. The molecule has 3 rings (SSSR count). The molecule has 0 unspecified atom stereocenters. The summed E-state index contributed by atoms with van der Waals surface area (Å²) in [5, 5.41) is 11.8. The van der Waals surface area contributed by atoms with Gasteiger partial charge in [-0.2, -0.15) is 5.10 Å². The van der Waals surface area contributed by atoms with E-state index in [-0.39, 0.29) is 17.9 Å². The highest BCUT2D eigenvalue weighted by Gasteiger charge is 2.27. The number of rotatable bonds is 3. The number of hydrogen-bond donors (Lipinski definition) is 3. The number of likely N-dealkylation sites (tertiary alicyclic amines) is 1. The molecule has 0 radical (unpaired) electrons. The number of aromatic amines is 1. The second kappa shape index (κ2) is 7.12. The van der Waals surface area contributed by atoms with E-state index in [2.05, 4.69) is 20.8 Å². The van der Waals surface area contributed by atoms with Crippen LogP contribution in [0.5, 0.6) is 0 Å². The van der Waals surface area contributed by atoms with Crippen LogP contribution in [0, 0.1) is 11.7 Å². The van der Waals surface area contributed by atoms with Crippen LogP contribution in [0.15, 0.2) is 36.7 Å². The molecule has 8 heteroatoms. The van der Waals surface area contributed by atoms with Crippen molar-refractivity contribution in [2.24, 2.45) is 5.92 Å². The second-order valence-corrected chi connectivity index (χ2v) is 5.68. The summed E-state index contributed by atoms with van der Waals surface area (Å²) in [6.45, 7) is 0.982. The Hall–Kier alpha value is -2.90. The fourth-order valence-electron chi connectivity index (χ4n) is 2.68. The number of nitrogens with one attached hydrogen (secondary N) is 3. The lowest BCUT2D eigenvalue weighted by Gasteiger charge is -2.31. The molecule has 0 bridgehead atoms. The van der Waals surface area contributed by atoms with E-state index in [1.165, 1.54) is 18.3 Å². The number of H-pyrrole nitrogens is 1. The molecule has 3 amide bonds. The van der Waals surface area contributed by atoms with Gasteiger partial charge >= 0.3 is 6.03 Å². The Bertz CT molecular complexity index is 711. The monoisotopic (exact) mass is 331 g/mol. The number of piperidine rings is 1. The summed E-state index contributed by atoms with van der Waals surface area (Å²) in [7, 11) is 0. The van der Waals surface area contributed by atoms with Gasteiger partial charge in [-0.3, -0.25) is 9.89 Å². The predicted molar refractivity (Wildman–Crippen MR) is 86.9 cm³/mol. The van der Waals surface area contributed by atoms with Gasteiger partial charge in [0, 0.05) is 30.9 Å². The van der Waals surface area contributed by atoms with Gasteiger partial charge in [0.05, 0.1) is 11.9 Å². The van der Waals surface area contributed by atoms with Gasteiger partial charge in [-0.1, -0.05) is 6.07 Å². The number of nitrogens with zero attached hydrogens (tertiary/aromatic N) is 2. The highest BCUT2D eigenvalue weighted by atomic mass is 19.1. The first-order valence-electron chi connectivity index (χ1n) is 7.73. The maximum Gasteiger partial charge on any atom is 0.321 e. The first kappa shape index (κ1) is 16.0. The molecule has 1 aromatic heterocycles. The minimum atomic E-state index is -0.390. The average Bonchev–Trinajstić information content (AvgIpc) is 3.08. The van der Waals surface area contributed by atoms with Crippen molar-refractivity contribution in [3.8, 4) is 0 Å². The molecule has 126 valence electrons. The topological polar surface area (TPSA) is 90.1 Å². The van der Waals surface area contributed by atoms with Crippen LogP contribution >= 0.6 is 0 Å². The Labute approximate surface area is 138 Å². The van der Waals surface area contributed by atoms with Crippen LogP contribution in [0.1, 0.15) is 12.8 Å². The van der Waals surface area contributed by atoms with Crippen LogP contribution < -0.4 is 10.6 Å². The fraction of sp³-hybridized carbons (Fsp3) is 0.312. The zero-order valence-corrected chi connectivity index (χ0v) is 13.0. The maximum absolute atomic E-state index is 13.1. The molecule has 1 fully saturated rings. The number of urea groups is 1. The summed E-state index contributed by atoms with van der Waals surface area (Å²) in [6, 6.07) is 5.60. The fourth-order valence-corrected chi connectivity index (χ4v) is 2.68. The molecule has 1 aliphatic heterocycles. The SMILES string of the molecule is O=C(Nc1cccc(F)c1)C1CCN(C(=O)Nc2cn[nH]c2)CC1. The molecule has 0 spiro atoms. The Morgan fingerprint density at radius 2 is 2.00 bits per heavy atom. The molecule has 7 nitrogen and oxygen atoms in total. The van der Waals surface area contributed by atoms with Gasteiger partial charge in [0.15, 0.2) is 0 Å². The molecule has 3 N–H and O–H groups in total. The number of carbonyl (C=O) groups is 2. The van der Waals surface area contributed by atoms with E-state index in [0.29, 0.717) is 37.3 Å². The molecule has 24 heavy (non-hydrogen) atoms. The molecule has 0 atom stereocenters. The van der Waals surface area contributed by atoms with Gasteiger partial charge in [-0.15, -0.1) is 0 Å². The van der Waals surface area contributed by atoms with Gasteiger partial charge in [0.1, 0.15) is 5.82 Å². The van der Waals surface area contributed by atoms with Crippen LogP contribution in [0.2, 0.25) is 0 Å². The molecular weight excluding hydrogens is 313 g/mol. The van der Waals surface area contributed by atoms with Crippen molar-refractivity contribution < 1.29 is 14.0 Å². The van der Waals surface area contributed by atoms with Crippen molar-refractivity contribution in [3.63, 3.8) is 0 Å². The Morgan fingerprint density at radius 3 is 2.67 bits per heavy atom. The van der Waals surface area contributed by atoms with E-state index in [4.69, 9.17) is 0 Å². The van der Waals surface area contributed by atoms with Crippen molar-refractivity contribution in [2.45, 2.75) is 12.8 Å². The molecule has 1 aromatic carbocycles. The Balaban J connectivity index is 1.49. The van der Waals surface area contributed by atoms with Gasteiger partial charge in [0.2, 0.25) is 5.91 Å². The molecular formula is C16H18FN5O2. The highest BCUT2D eigenvalue weighted by Crippen LogP contribution is 2.20. The molecule has 0 aliphatic carbocycles. The van der Waals surface area contributed by atoms with Crippen molar-refractivity contribution >= 4 is 23.3 Å². The summed E-state index contributed by atoms with van der Waals surface area (Å²) >= 11 is 0. The number of halogens is 1. The first-order chi connectivity index (χ1) is 11.6. The molecule has 1 aliphatic rings. The lowest BCUT2D eigenvalue weighted by molar-refractivity contribution is -0.121. The number of benzene rings is 1. The Kier molecular flexibility index (Phi) is 4.74. The third-order valence-electron chi connectivity index (χ3n) is 3.99. The Morgan fingerprint density at radius 1 is 1.21 bits per heavy atom. The zero-order chi connectivity index (χ0) is 16.9. The van der Waals surface area contributed by atoms with E-state index in [0.717, 1.165) is 0 Å². The maximum atomic E-state index is 13.1. The van der Waals surface area contributed by atoms with E-state index < -0.39 is 5.82 Å². The summed E-state index contributed by atoms with van der Waals surface area (Å²) in [5.41, 5.74) is 1.05. The van der Waals surface area contributed by atoms with Crippen molar-refractivity contribution in [3.05, 3.63) is 42.5 Å². The van der Waals surface area contributed by atoms with Crippen LogP contribution in [-0.4, -0.2) is 40.1 Å². The lowest BCUT2D eigenvalue weighted by Crippen LogP contribution is -2.43. The third kappa shape index (κ3) is 3.89. The summed E-state index contributed by atoms with van der Waals surface area (Å²) in [6.07, 6.45) is 4.26. The predicted octanol–water partition coefficient (Wildman–Crippen LogP) is 2.43. The minimum absolute atomic E-state index is 0.143. The van der Waals surface area contributed by atoms with Crippen LogP contribution in [0.3, 0.4) is 0 Å². The van der Waals surface area contributed by atoms with Crippen LogP contribution in [0.4, 0.5) is 20.6 Å². The van der Waals surface area contributed by atoms with Gasteiger partial charge in [0.25, 0.3) is 0 Å². The molecule has 2 heterocycles. The van der Waals surface area contributed by atoms with Gasteiger partial charge < -0.3 is 15.5 Å². The van der Waals surface area contributed by atoms with Crippen molar-refractivity contribution in [1.82, 2.24) is 15.1 Å². The van der Waals surface area contributed by atoms with E-state index in [9.17, 15) is 14.0 Å². The normalized spacial score (nSPS) is 15.1. The first-order valence-corrected chi connectivity index (χ1v) is 7.73. The smallest absolute Gasteiger partial charge is 0.321 e. The number of aromatic nitrogens is 2. The highest BCUT2D eigenvalue weighted by molar-refractivity contribution is 5.93. The van der Waals surface area contributed by atoms with Crippen LogP contribution in [-0.2, 0) is 4.79 Å². The minimum Gasteiger partial charge on any atom is -0.326 e. The van der Waals surface area contributed by atoms with Crippen LogP contribution in [0.25, 0.3) is 0 Å². The number of anilines is 2. The zero-order valence-electron chi connectivity index (χ0n) is 13.0. The molecule has 2 aromatic rings. The van der Waals surface area contributed by atoms with Crippen molar-refractivity contribution in [1.29, 1.82) is 0 Å². The second-order valence-electron chi connectivity index (χ2n) is 5.68. The van der Waals surface area contributed by atoms with E-state index >= 15 is 0 Å². The summed E-state index contributed by atoms with van der Waals surface area (Å²) in [5.74, 6) is -0.722. The number of carbonyl (C=O) groups excluding carboxylic acids is 2. The number of amides is 3.